The minimum Gasteiger partial charge on any atom is -0.466 e. The summed E-state index contributed by atoms with van der Waals surface area (Å²) in [7, 11) is 0. The van der Waals surface area contributed by atoms with E-state index in [1.54, 1.807) is 6.92 Å². The number of thioether (sulfide) groups is 1. The van der Waals surface area contributed by atoms with E-state index < -0.39 is 0 Å². The van der Waals surface area contributed by atoms with E-state index >= 15 is 0 Å². The summed E-state index contributed by atoms with van der Waals surface area (Å²) in [5, 5.41) is 4.87. The third kappa shape index (κ3) is 5.99. The maximum atomic E-state index is 12.5. The van der Waals surface area contributed by atoms with Crippen LogP contribution in [-0.4, -0.2) is 34.8 Å². The van der Waals surface area contributed by atoms with Gasteiger partial charge in [0.25, 0.3) is 0 Å². The summed E-state index contributed by atoms with van der Waals surface area (Å²) in [6, 6.07) is 0.273. The number of esters is 1. The van der Waals surface area contributed by atoms with E-state index in [9.17, 15) is 9.59 Å². The minimum absolute atomic E-state index is 0.0677. The van der Waals surface area contributed by atoms with E-state index in [2.05, 4.69) is 24.1 Å². The molecule has 2 rings (SSSR count). The van der Waals surface area contributed by atoms with Crippen molar-refractivity contribution in [2.45, 2.75) is 69.0 Å². The molecule has 0 aliphatic heterocycles. The first-order valence-electron chi connectivity index (χ1n) is 8.97. The van der Waals surface area contributed by atoms with Gasteiger partial charge in [-0.15, -0.1) is 11.3 Å². The third-order valence-corrected chi connectivity index (χ3v) is 6.96. The van der Waals surface area contributed by atoms with Crippen LogP contribution in [0.2, 0.25) is 0 Å². The number of ether oxygens (including phenoxy) is 1. The topological polar surface area (TPSA) is 68.3 Å². The number of carbonyl (C=O) groups is 2. The highest BCUT2D eigenvalue weighted by Crippen LogP contribution is 2.31. The molecule has 1 amide bonds. The Kier molecular flexibility index (Phi) is 7.75. The van der Waals surface area contributed by atoms with Crippen molar-refractivity contribution in [2.24, 2.45) is 11.8 Å². The second-order valence-electron chi connectivity index (χ2n) is 6.73. The Balaban J connectivity index is 1.84. The summed E-state index contributed by atoms with van der Waals surface area (Å²) in [6.45, 7) is 8.56. The van der Waals surface area contributed by atoms with Crippen LogP contribution in [0.15, 0.2) is 9.72 Å². The zero-order chi connectivity index (χ0) is 18.4. The third-order valence-electron chi connectivity index (χ3n) is 4.84. The van der Waals surface area contributed by atoms with Crippen molar-refractivity contribution >= 4 is 35.0 Å². The molecule has 7 heteroatoms. The summed E-state index contributed by atoms with van der Waals surface area (Å²) in [5.74, 6) is 0.978. The van der Waals surface area contributed by atoms with Crippen LogP contribution in [0, 0.1) is 11.8 Å². The van der Waals surface area contributed by atoms with Crippen molar-refractivity contribution in [2.75, 3.05) is 6.61 Å². The average Bonchev–Trinajstić information content (AvgIpc) is 2.98. The lowest BCUT2D eigenvalue weighted by Crippen LogP contribution is -2.46. The summed E-state index contributed by atoms with van der Waals surface area (Å²) in [6.07, 6.45) is 3.68. The molecule has 0 spiro atoms. The number of amides is 1. The molecule has 0 aromatic carbocycles. The minimum atomic E-state index is -0.268. The highest BCUT2D eigenvalue weighted by Gasteiger charge is 2.29. The molecule has 5 nitrogen and oxygen atoms in total. The standard InChI is InChI=1S/C18H28N2O3S2/c1-5-23-16(21)9-14-10-24-18(19-14)25-13(4)17(22)20-15-8-6-7-11(2)12(15)3/h10-13,15H,5-9H2,1-4H3,(H,20,22)/t11-,12-,13-,15-/m0/s1. The van der Waals surface area contributed by atoms with Crippen molar-refractivity contribution in [1.82, 2.24) is 10.3 Å². The van der Waals surface area contributed by atoms with Gasteiger partial charge in [-0.3, -0.25) is 9.59 Å². The van der Waals surface area contributed by atoms with Gasteiger partial charge in [0.05, 0.1) is 24.0 Å². The van der Waals surface area contributed by atoms with Gasteiger partial charge in [0.1, 0.15) is 0 Å². The Morgan fingerprint density at radius 1 is 1.44 bits per heavy atom. The van der Waals surface area contributed by atoms with E-state index in [-0.39, 0.29) is 29.6 Å². The van der Waals surface area contributed by atoms with Crippen LogP contribution < -0.4 is 5.32 Å². The zero-order valence-electron chi connectivity index (χ0n) is 15.4. The zero-order valence-corrected chi connectivity index (χ0v) is 17.0. The molecule has 1 saturated carbocycles. The molecule has 1 heterocycles. The van der Waals surface area contributed by atoms with Gasteiger partial charge in [0.2, 0.25) is 5.91 Å². The normalized spacial score (nSPS) is 24.6. The number of nitrogens with zero attached hydrogens (tertiary/aromatic N) is 1. The number of thiazole rings is 1. The molecule has 1 aliphatic rings. The molecule has 0 bridgehead atoms. The van der Waals surface area contributed by atoms with Crippen LogP contribution >= 0.6 is 23.1 Å². The Bertz CT molecular complexity index is 591. The van der Waals surface area contributed by atoms with E-state index in [4.69, 9.17) is 4.74 Å². The molecule has 1 fully saturated rings. The van der Waals surface area contributed by atoms with Gasteiger partial charge in [-0.25, -0.2) is 4.98 Å². The van der Waals surface area contributed by atoms with E-state index in [1.807, 2.05) is 12.3 Å². The quantitative estimate of drug-likeness (QED) is 0.574. The molecule has 1 aromatic rings. The molecule has 25 heavy (non-hydrogen) atoms. The summed E-state index contributed by atoms with van der Waals surface area (Å²) < 4.78 is 5.74. The van der Waals surface area contributed by atoms with Gasteiger partial charge in [0.15, 0.2) is 4.34 Å². The SMILES string of the molecule is CCOC(=O)Cc1csc(S[C@@H](C)C(=O)N[C@H]2CCC[C@H](C)[C@@H]2C)n1. The predicted molar refractivity (Wildman–Crippen MR) is 102 cm³/mol. The maximum absolute atomic E-state index is 12.5. The number of nitrogens with one attached hydrogen (secondary N) is 1. The molecule has 0 saturated heterocycles. The fourth-order valence-corrected chi connectivity index (χ4v) is 5.06. The van der Waals surface area contributed by atoms with Crippen molar-refractivity contribution in [3.8, 4) is 0 Å². The largest absolute Gasteiger partial charge is 0.466 e. The average molecular weight is 385 g/mol. The molecule has 0 unspecified atom stereocenters. The maximum Gasteiger partial charge on any atom is 0.311 e. The first-order valence-corrected chi connectivity index (χ1v) is 10.7. The summed E-state index contributed by atoms with van der Waals surface area (Å²) in [4.78, 5) is 28.4. The number of hydrogen-bond acceptors (Lipinski definition) is 6. The number of carbonyl (C=O) groups excluding carboxylic acids is 2. The van der Waals surface area contributed by atoms with Gasteiger partial charge >= 0.3 is 5.97 Å². The lowest BCUT2D eigenvalue weighted by molar-refractivity contribution is -0.142. The predicted octanol–water partition coefficient (Wildman–Crippen LogP) is 3.67. The van der Waals surface area contributed by atoms with Gasteiger partial charge in [0, 0.05) is 11.4 Å². The van der Waals surface area contributed by atoms with Gasteiger partial charge in [-0.05, 0) is 32.1 Å². The van der Waals surface area contributed by atoms with Crippen molar-refractivity contribution in [3.63, 3.8) is 0 Å². The Morgan fingerprint density at radius 3 is 2.92 bits per heavy atom. The second-order valence-corrected chi connectivity index (χ2v) is 9.18. The highest BCUT2D eigenvalue weighted by atomic mass is 32.2. The van der Waals surface area contributed by atoms with Crippen LogP contribution in [0.4, 0.5) is 0 Å². The molecule has 1 N–H and O–H groups in total. The Hall–Kier alpha value is -1.08. The summed E-state index contributed by atoms with van der Waals surface area (Å²) >= 11 is 2.91. The van der Waals surface area contributed by atoms with E-state index in [0.29, 0.717) is 24.1 Å². The summed E-state index contributed by atoms with van der Waals surface area (Å²) in [5.41, 5.74) is 0.702. The molecule has 140 valence electrons. The molecular weight excluding hydrogens is 356 g/mol. The van der Waals surface area contributed by atoms with Gasteiger partial charge in [-0.2, -0.15) is 0 Å². The van der Waals surface area contributed by atoms with Crippen LogP contribution in [0.1, 0.15) is 52.7 Å². The smallest absolute Gasteiger partial charge is 0.311 e. The number of hydrogen-bond donors (Lipinski definition) is 1. The number of aromatic nitrogens is 1. The van der Waals surface area contributed by atoms with Crippen molar-refractivity contribution in [3.05, 3.63) is 11.1 Å². The lowest BCUT2D eigenvalue weighted by Gasteiger charge is -2.35. The monoisotopic (exact) mass is 384 g/mol. The lowest BCUT2D eigenvalue weighted by atomic mass is 9.78. The van der Waals surface area contributed by atoms with E-state index in [1.165, 1.54) is 35.9 Å². The van der Waals surface area contributed by atoms with Crippen molar-refractivity contribution < 1.29 is 14.3 Å². The molecule has 0 radical (unpaired) electrons. The second kappa shape index (κ2) is 9.57. The molecular formula is C18H28N2O3S2. The van der Waals surface area contributed by atoms with Crippen LogP contribution in [0.25, 0.3) is 0 Å². The molecule has 1 aliphatic carbocycles. The van der Waals surface area contributed by atoms with Crippen molar-refractivity contribution in [1.29, 1.82) is 0 Å². The van der Waals surface area contributed by atoms with Gasteiger partial charge < -0.3 is 10.1 Å². The fourth-order valence-electron chi connectivity index (χ4n) is 3.07. The fraction of sp³-hybridized carbons (Fsp3) is 0.722. The van der Waals surface area contributed by atoms with Crippen LogP contribution in [0.3, 0.4) is 0 Å². The van der Waals surface area contributed by atoms with Crippen LogP contribution in [-0.2, 0) is 20.7 Å². The first-order chi connectivity index (χ1) is 11.9. The highest BCUT2D eigenvalue weighted by molar-refractivity contribution is 8.02. The number of rotatable bonds is 7. The first kappa shape index (κ1) is 20.2. The molecule has 4 atom stereocenters. The van der Waals surface area contributed by atoms with E-state index in [0.717, 1.165) is 10.8 Å². The Labute approximate surface area is 158 Å². The Morgan fingerprint density at radius 2 is 2.20 bits per heavy atom. The van der Waals surface area contributed by atoms with Crippen LogP contribution in [0.5, 0.6) is 0 Å². The van der Waals surface area contributed by atoms with Gasteiger partial charge in [-0.1, -0.05) is 38.5 Å². The molecule has 1 aromatic heterocycles.